The molecule has 3 heteroatoms. The molecule has 1 heterocycles. The molecule has 0 saturated heterocycles. The molecule has 0 bridgehead atoms. The molecule has 0 fully saturated rings. The molecule has 1 aromatic rings. The summed E-state index contributed by atoms with van der Waals surface area (Å²) >= 11 is 3.32. The van der Waals surface area contributed by atoms with Gasteiger partial charge in [-0.2, -0.15) is 0 Å². The van der Waals surface area contributed by atoms with E-state index in [9.17, 15) is 4.79 Å². The van der Waals surface area contributed by atoms with Crippen molar-refractivity contribution in [1.29, 1.82) is 0 Å². The van der Waals surface area contributed by atoms with Gasteiger partial charge < -0.3 is 0 Å². The summed E-state index contributed by atoms with van der Waals surface area (Å²) in [5, 5.41) is 0. The number of ketones is 1. The Balaban J connectivity index is 2.54. The minimum Gasteiger partial charge on any atom is -0.294 e. The van der Waals surface area contributed by atoms with E-state index in [1.54, 1.807) is 18.3 Å². The molecule has 0 amide bonds. The van der Waals surface area contributed by atoms with Crippen molar-refractivity contribution in [2.45, 2.75) is 6.42 Å². The summed E-state index contributed by atoms with van der Waals surface area (Å²) in [6, 6.07) is 1.96. The van der Waals surface area contributed by atoms with E-state index >= 15 is 0 Å². The SMILES string of the molecule is O=C1C=Cc2cc(Br)cnc2C1. The fraction of sp³-hybridized carbons (Fsp3) is 0.111. The molecule has 12 heavy (non-hydrogen) atoms. The number of pyridine rings is 1. The number of fused-ring (bicyclic) bond motifs is 1. The van der Waals surface area contributed by atoms with Crippen LogP contribution in [-0.2, 0) is 11.2 Å². The largest absolute Gasteiger partial charge is 0.294 e. The van der Waals surface area contributed by atoms with Crippen LogP contribution in [0.4, 0.5) is 0 Å². The number of nitrogens with zero attached hydrogens (tertiary/aromatic N) is 1. The van der Waals surface area contributed by atoms with Crippen LogP contribution in [0.1, 0.15) is 11.3 Å². The van der Waals surface area contributed by atoms with Crippen molar-refractivity contribution < 1.29 is 4.79 Å². The van der Waals surface area contributed by atoms with Crippen molar-refractivity contribution in [3.05, 3.63) is 34.1 Å². The third kappa shape index (κ3) is 1.32. The molecule has 0 unspecified atom stereocenters. The van der Waals surface area contributed by atoms with Crippen molar-refractivity contribution >= 4 is 27.8 Å². The molecule has 2 rings (SSSR count). The van der Waals surface area contributed by atoms with E-state index < -0.39 is 0 Å². The topological polar surface area (TPSA) is 30.0 Å². The van der Waals surface area contributed by atoms with Crippen LogP contribution in [0, 0.1) is 0 Å². The van der Waals surface area contributed by atoms with E-state index in [0.29, 0.717) is 6.42 Å². The quantitative estimate of drug-likeness (QED) is 0.674. The zero-order chi connectivity index (χ0) is 8.55. The Morgan fingerprint density at radius 3 is 3.08 bits per heavy atom. The lowest BCUT2D eigenvalue weighted by Gasteiger charge is -2.07. The lowest BCUT2D eigenvalue weighted by atomic mass is 10.0. The second kappa shape index (κ2) is 2.83. The van der Waals surface area contributed by atoms with Crippen LogP contribution in [0.25, 0.3) is 6.08 Å². The Bertz CT molecular complexity index is 371. The molecule has 0 spiro atoms. The first-order valence-corrected chi connectivity index (χ1v) is 4.40. The highest BCUT2D eigenvalue weighted by Gasteiger charge is 2.10. The normalized spacial score (nSPS) is 14.6. The van der Waals surface area contributed by atoms with Crippen LogP contribution in [0.15, 0.2) is 22.8 Å². The van der Waals surface area contributed by atoms with Crippen LogP contribution >= 0.6 is 15.9 Å². The summed E-state index contributed by atoms with van der Waals surface area (Å²) in [4.78, 5) is 15.1. The number of rotatable bonds is 0. The average Bonchev–Trinajstić information content (AvgIpc) is 2.05. The molecule has 1 aliphatic rings. The first-order valence-electron chi connectivity index (χ1n) is 3.61. The Labute approximate surface area is 78.4 Å². The fourth-order valence-electron chi connectivity index (χ4n) is 1.18. The number of hydrogen-bond acceptors (Lipinski definition) is 2. The first kappa shape index (κ1) is 7.68. The smallest absolute Gasteiger partial charge is 0.161 e. The van der Waals surface area contributed by atoms with E-state index in [0.717, 1.165) is 15.7 Å². The number of carbonyl (C=O) groups is 1. The molecule has 0 radical (unpaired) electrons. The molecule has 0 saturated carbocycles. The average molecular weight is 224 g/mol. The molecule has 1 aromatic heterocycles. The number of carbonyl (C=O) groups excluding carboxylic acids is 1. The van der Waals surface area contributed by atoms with Crippen LogP contribution in [0.2, 0.25) is 0 Å². The van der Waals surface area contributed by atoms with E-state index in [4.69, 9.17) is 0 Å². The maximum absolute atomic E-state index is 11.0. The van der Waals surface area contributed by atoms with Crippen molar-refractivity contribution in [1.82, 2.24) is 4.98 Å². The number of aromatic nitrogens is 1. The van der Waals surface area contributed by atoms with Crippen LogP contribution in [0.3, 0.4) is 0 Å². The van der Waals surface area contributed by atoms with Crippen molar-refractivity contribution in [3.63, 3.8) is 0 Å². The van der Waals surface area contributed by atoms with Gasteiger partial charge in [-0.25, -0.2) is 0 Å². The van der Waals surface area contributed by atoms with E-state index in [-0.39, 0.29) is 5.78 Å². The summed E-state index contributed by atoms with van der Waals surface area (Å²) in [7, 11) is 0. The Morgan fingerprint density at radius 2 is 2.25 bits per heavy atom. The third-order valence-corrected chi connectivity index (χ3v) is 2.19. The molecule has 60 valence electrons. The summed E-state index contributed by atoms with van der Waals surface area (Å²) in [5.74, 6) is 0.123. The Kier molecular flexibility index (Phi) is 1.81. The molecule has 0 aromatic carbocycles. The van der Waals surface area contributed by atoms with Gasteiger partial charge >= 0.3 is 0 Å². The van der Waals surface area contributed by atoms with Gasteiger partial charge in [0.05, 0.1) is 12.1 Å². The zero-order valence-electron chi connectivity index (χ0n) is 6.25. The van der Waals surface area contributed by atoms with Gasteiger partial charge in [0.15, 0.2) is 5.78 Å². The highest BCUT2D eigenvalue weighted by molar-refractivity contribution is 9.10. The van der Waals surface area contributed by atoms with Gasteiger partial charge in [-0.3, -0.25) is 9.78 Å². The van der Waals surface area contributed by atoms with Crippen LogP contribution < -0.4 is 0 Å². The molecule has 0 aliphatic heterocycles. The van der Waals surface area contributed by atoms with Crippen molar-refractivity contribution in [2.75, 3.05) is 0 Å². The lowest BCUT2D eigenvalue weighted by molar-refractivity contribution is -0.114. The number of hydrogen-bond donors (Lipinski definition) is 0. The number of allylic oxidation sites excluding steroid dienone is 1. The summed E-state index contributed by atoms with van der Waals surface area (Å²) < 4.78 is 0.945. The van der Waals surface area contributed by atoms with E-state index in [1.165, 1.54) is 0 Å². The molecular weight excluding hydrogens is 218 g/mol. The zero-order valence-corrected chi connectivity index (χ0v) is 7.84. The first-order chi connectivity index (χ1) is 5.75. The second-order valence-corrected chi connectivity index (χ2v) is 3.58. The van der Waals surface area contributed by atoms with E-state index in [1.807, 2.05) is 6.07 Å². The van der Waals surface area contributed by atoms with Crippen molar-refractivity contribution in [2.24, 2.45) is 0 Å². The summed E-state index contributed by atoms with van der Waals surface area (Å²) in [5.41, 5.74) is 1.90. The minimum absolute atomic E-state index is 0.123. The predicted molar refractivity (Wildman–Crippen MR) is 49.7 cm³/mol. The van der Waals surface area contributed by atoms with Gasteiger partial charge in [-0.1, -0.05) is 0 Å². The maximum atomic E-state index is 11.0. The second-order valence-electron chi connectivity index (χ2n) is 2.67. The van der Waals surface area contributed by atoms with Crippen molar-refractivity contribution in [3.8, 4) is 0 Å². The summed E-state index contributed by atoms with van der Waals surface area (Å²) in [6.07, 6.45) is 5.54. The summed E-state index contributed by atoms with van der Waals surface area (Å²) in [6.45, 7) is 0. The van der Waals surface area contributed by atoms with Gasteiger partial charge in [0, 0.05) is 10.7 Å². The Morgan fingerprint density at radius 1 is 1.42 bits per heavy atom. The van der Waals surface area contributed by atoms with E-state index in [2.05, 4.69) is 20.9 Å². The minimum atomic E-state index is 0.123. The van der Waals surface area contributed by atoms with Gasteiger partial charge in [0.25, 0.3) is 0 Å². The van der Waals surface area contributed by atoms with Gasteiger partial charge in [0.1, 0.15) is 0 Å². The maximum Gasteiger partial charge on any atom is 0.161 e. The highest BCUT2D eigenvalue weighted by Crippen LogP contribution is 2.19. The lowest BCUT2D eigenvalue weighted by Crippen LogP contribution is -2.07. The predicted octanol–water partition coefficient (Wildman–Crippen LogP) is 1.98. The van der Waals surface area contributed by atoms with Gasteiger partial charge in [-0.15, -0.1) is 0 Å². The molecule has 0 atom stereocenters. The van der Waals surface area contributed by atoms with Gasteiger partial charge in [-0.05, 0) is 39.7 Å². The standard InChI is InChI=1S/C9H6BrNO/c10-7-3-6-1-2-8(12)4-9(6)11-5-7/h1-3,5H,4H2. The third-order valence-electron chi connectivity index (χ3n) is 1.76. The van der Waals surface area contributed by atoms with Crippen LogP contribution in [-0.4, -0.2) is 10.8 Å². The van der Waals surface area contributed by atoms with Crippen LogP contribution in [0.5, 0.6) is 0 Å². The molecule has 1 aliphatic carbocycles. The number of halogens is 1. The monoisotopic (exact) mass is 223 g/mol. The Hall–Kier alpha value is -0.960. The molecule has 0 N–H and O–H groups in total. The van der Waals surface area contributed by atoms with Gasteiger partial charge in [0.2, 0.25) is 0 Å². The molecular formula is C9H6BrNO. The fourth-order valence-corrected chi connectivity index (χ4v) is 1.53. The molecule has 2 nitrogen and oxygen atoms in total. The highest BCUT2D eigenvalue weighted by atomic mass is 79.9.